The summed E-state index contributed by atoms with van der Waals surface area (Å²) in [7, 11) is 0. The van der Waals surface area contributed by atoms with E-state index in [1.807, 2.05) is 49.4 Å². The van der Waals surface area contributed by atoms with Crippen molar-refractivity contribution in [3.8, 4) is 0 Å². The summed E-state index contributed by atoms with van der Waals surface area (Å²) in [6.07, 6.45) is 0.743. The number of nitrogens with zero attached hydrogens (tertiary/aromatic N) is 1. The largest absolute Gasteiger partial charge is 0.368 e. The number of rotatable bonds is 6. The van der Waals surface area contributed by atoms with Crippen molar-refractivity contribution in [3.05, 3.63) is 70.0 Å². The Morgan fingerprint density at radius 1 is 1.04 bits per heavy atom. The highest BCUT2D eigenvalue weighted by molar-refractivity contribution is 5.95. The smallest absolute Gasteiger partial charge is 0.272 e. The zero-order chi connectivity index (χ0) is 17.6. The molecule has 0 aliphatic heterocycles. The van der Waals surface area contributed by atoms with Gasteiger partial charge in [0, 0.05) is 24.0 Å². The highest BCUT2D eigenvalue weighted by Gasteiger charge is 2.07. The molecule has 0 saturated carbocycles. The standard InChI is InChI=1S/C19H20N4O2/c1-13-7-2-3-8-14(13)18(24)21-12-6-11-20-17-15-9-4-5-10-16(15)19(25)23-22-17/h2-5,7-10H,6,11-12H2,1H3,(H,20,22)(H,21,24)(H,23,25). The average molecular weight is 336 g/mol. The van der Waals surface area contributed by atoms with Gasteiger partial charge in [-0.25, -0.2) is 5.10 Å². The molecule has 0 unspecified atom stereocenters. The predicted octanol–water partition coefficient (Wildman–Crippen LogP) is 2.46. The van der Waals surface area contributed by atoms with Gasteiger partial charge in [-0.2, -0.15) is 5.10 Å². The Morgan fingerprint density at radius 2 is 1.76 bits per heavy atom. The van der Waals surface area contributed by atoms with Crippen LogP contribution in [-0.2, 0) is 0 Å². The second-order valence-corrected chi connectivity index (χ2v) is 5.80. The van der Waals surface area contributed by atoms with Crippen LogP contribution in [0.1, 0.15) is 22.3 Å². The van der Waals surface area contributed by atoms with Crippen LogP contribution in [0, 0.1) is 6.92 Å². The molecule has 3 rings (SSSR count). The molecule has 1 amide bonds. The Bertz CT molecular complexity index is 949. The first-order valence-corrected chi connectivity index (χ1v) is 8.22. The number of benzene rings is 2. The molecule has 0 radical (unpaired) electrons. The van der Waals surface area contributed by atoms with Gasteiger partial charge in [-0.1, -0.05) is 36.4 Å². The van der Waals surface area contributed by atoms with Crippen LogP contribution in [0.4, 0.5) is 5.82 Å². The Labute approximate surface area is 145 Å². The molecule has 0 aliphatic rings. The average Bonchev–Trinajstić information content (AvgIpc) is 2.63. The molecule has 0 saturated heterocycles. The molecule has 25 heavy (non-hydrogen) atoms. The number of amides is 1. The van der Waals surface area contributed by atoms with Crippen LogP contribution in [0.3, 0.4) is 0 Å². The fourth-order valence-corrected chi connectivity index (χ4v) is 2.67. The Hall–Kier alpha value is -3.15. The van der Waals surface area contributed by atoms with Crippen molar-refractivity contribution in [3.63, 3.8) is 0 Å². The van der Waals surface area contributed by atoms with Crippen LogP contribution in [0.5, 0.6) is 0 Å². The fraction of sp³-hybridized carbons (Fsp3) is 0.211. The molecule has 128 valence electrons. The van der Waals surface area contributed by atoms with Gasteiger partial charge in [-0.3, -0.25) is 9.59 Å². The third kappa shape index (κ3) is 3.85. The van der Waals surface area contributed by atoms with Gasteiger partial charge in [-0.15, -0.1) is 0 Å². The number of hydrogen-bond donors (Lipinski definition) is 3. The van der Waals surface area contributed by atoms with Crippen LogP contribution in [0.25, 0.3) is 10.8 Å². The van der Waals surface area contributed by atoms with Gasteiger partial charge in [0.05, 0.1) is 5.39 Å². The van der Waals surface area contributed by atoms with Crippen molar-refractivity contribution >= 4 is 22.5 Å². The summed E-state index contributed by atoms with van der Waals surface area (Å²) in [6.45, 7) is 3.11. The lowest BCUT2D eigenvalue weighted by atomic mass is 10.1. The minimum Gasteiger partial charge on any atom is -0.368 e. The topological polar surface area (TPSA) is 86.9 Å². The van der Waals surface area contributed by atoms with Crippen LogP contribution < -0.4 is 16.2 Å². The van der Waals surface area contributed by atoms with Crippen molar-refractivity contribution in [2.24, 2.45) is 0 Å². The molecular weight excluding hydrogens is 316 g/mol. The van der Waals surface area contributed by atoms with Crippen LogP contribution >= 0.6 is 0 Å². The van der Waals surface area contributed by atoms with E-state index in [2.05, 4.69) is 20.8 Å². The van der Waals surface area contributed by atoms with Gasteiger partial charge in [0.1, 0.15) is 0 Å². The Kier molecular flexibility index (Phi) is 5.09. The lowest BCUT2D eigenvalue weighted by Gasteiger charge is -2.09. The molecule has 0 bridgehead atoms. The van der Waals surface area contributed by atoms with Crippen molar-refractivity contribution in [1.82, 2.24) is 15.5 Å². The number of aromatic nitrogens is 2. The van der Waals surface area contributed by atoms with Gasteiger partial charge in [0.15, 0.2) is 5.82 Å². The summed E-state index contributed by atoms with van der Waals surface area (Å²) >= 11 is 0. The first-order chi connectivity index (χ1) is 12.2. The van der Waals surface area contributed by atoms with Crippen LogP contribution in [0.15, 0.2) is 53.3 Å². The maximum absolute atomic E-state index is 12.1. The third-order valence-electron chi connectivity index (χ3n) is 4.02. The van der Waals surface area contributed by atoms with Gasteiger partial charge < -0.3 is 10.6 Å². The summed E-state index contributed by atoms with van der Waals surface area (Å²) in [5, 5.41) is 14.1. The van der Waals surface area contributed by atoms with Crippen molar-refractivity contribution < 1.29 is 4.79 Å². The Morgan fingerprint density at radius 3 is 2.56 bits per heavy atom. The maximum Gasteiger partial charge on any atom is 0.272 e. The van der Waals surface area contributed by atoms with E-state index < -0.39 is 0 Å². The SMILES string of the molecule is Cc1ccccc1C(=O)NCCCNc1n[nH]c(=O)c2ccccc12. The quantitative estimate of drug-likeness (QED) is 0.604. The minimum absolute atomic E-state index is 0.0642. The number of carbonyl (C=O) groups is 1. The van der Waals surface area contributed by atoms with Gasteiger partial charge in [0.2, 0.25) is 0 Å². The normalized spacial score (nSPS) is 10.6. The molecule has 2 aromatic carbocycles. The lowest BCUT2D eigenvalue weighted by Crippen LogP contribution is -2.26. The molecule has 3 aromatic rings. The first kappa shape index (κ1) is 16.7. The number of fused-ring (bicyclic) bond motifs is 1. The molecule has 3 N–H and O–H groups in total. The van der Waals surface area contributed by atoms with Crippen molar-refractivity contribution in [1.29, 1.82) is 0 Å². The van der Waals surface area contributed by atoms with E-state index >= 15 is 0 Å². The van der Waals surface area contributed by atoms with Crippen LogP contribution in [0.2, 0.25) is 0 Å². The molecule has 0 fully saturated rings. The minimum atomic E-state index is -0.202. The van der Waals surface area contributed by atoms with E-state index in [1.54, 1.807) is 6.07 Å². The second kappa shape index (κ2) is 7.61. The third-order valence-corrected chi connectivity index (χ3v) is 4.02. The molecule has 0 aliphatic carbocycles. The summed E-state index contributed by atoms with van der Waals surface area (Å²) in [5.74, 6) is 0.575. The number of nitrogens with one attached hydrogen (secondary N) is 3. The van der Waals surface area contributed by atoms with Crippen molar-refractivity contribution in [2.75, 3.05) is 18.4 Å². The van der Waals surface area contributed by atoms with E-state index in [4.69, 9.17) is 0 Å². The predicted molar refractivity (Wildman–Crippen MR) is 99.0 cm³/mol. The number of hydrogen-bond acceptors (Lipinski definition) is 4. The zero-order valence-corrected chi connectivity index (χ0v) is 14.0. The monoisotopic (exact) mass is 336 g/mol. The van der Waals surface area contributed by atoms with Gasteiger partial charge >= 0.3 is 0 Å². The van der Waals surface area contributed by atoms with Crippen LogP contribution in [-0.4, -0.2) is 29.2 Å². The van der Waals surface area contributed by atoms with E-state index in [9.17, 15) is 9.59 Å². The van der Waals surface area contributed by atoms with Gasteiger partial charge in [-0.05, 0) is 31.0 Å². The molecular formula is C19H20N4O2. The molecule has 1 aromatic heterocycles. The highest BCUT2D eigenvalue weighted by atomic mass is 16.1. The zero-order valence-electron chi connectivity index (χ0n) is 14.0. The summed E-state index contributed by atoms with van der Waals surface area (Å²) in [5.41, 5.74) is 1.46. The van der Waals surface area contributed by atoms with E-state index in [0.29, 0.717) is 29.9 Å². The molecule has 6 nitrogen and oxygen atoms in total. The molecule has 6 heteroatoms. The fourth-order valence-electron chi connectivity index (χ4n) is 2.67. The Balaban J connectivity index is 1.53. The van der Waals surface area contributed by atoms with E-state index in [0.717, 1.165) is 17.4 Å². The summed E-state index contributed by atoms with van der Waals surface area (Å²) in [6, 6.07) is 14.8. The van der Waals surface area contributed by atoms with E-state index in [1.165, 1.54) is 0 Å². The number of aryl methyl sites for hydroxylation is 1. The van der Waals surface area contributed by atoms with E-state index in [-0.39, 0.29) is 11.5 Å². The summed E-state index contributed by atoms with van der Waals surface area (Å²) in [4.78, 5) is 23.9. The maximum atomic E-state index is 12.1. The molecule has 0 atom stereocenters. The first-order valence-electron chi connectivity index (χ1n) is 8.22. The number of H-pyrrole nitrogens is 1. The second-order valence-electron chi connectivity index (χ2n) is 5.80. The number of carbonyl (C=O) groups excluding carboxylic acids is 1. The lowest BCUT2D eigenvalue weighted by molar-refractivity contribution is 0.0953. The molecule has 1 heterocycles. The molecule has 0 spiro atoms. The van der Waals surface area contributed by atoms with Crippen molar-refractivity contribution in [2.45, 2.75) is 13.3 Å². The number of aromatic amines is 1. The van der Waals surface area contributed by atoms with Gasteiger partial charge in [0.25, 0.3) is 11.5 Å². The highest BCUT2D eigenvalue weighted by Crippen LogP contribution is 2.16. The summed E-state index contributed by atoms with van der Waals surface area (Å²) < 4.78 is 0. The number of anilines is 1.